The van der Waals surface area contributed by atoms with Crippen molar-refractivity contribution in [1.82, 2.24) is 25.5 Å². The second-order valence-corrected chi connectivity index (χ2v) is 8.99. The van der Waals surface area contributed by atoms with Gasteiger partial charge < -0.3 is 10.3 Å². The van der Waals surface area contributed by atoms with Crippen molar-refractivity contribution in [3.63, 3.8) is 0 Å². The number of aromatic amines is 2. The summed E-state index contributed by atoms with van der Waals surface area (Å²) in [6, 6.07) is 17.0. The van der Waals surface area contributed by atoms with Gasteiger partial charge in [0, 0.05) is 39.8 Å². The predicted molar refractivity (Wildman–Crippen MR) is 147 cm³/mol. The molecular formula is C30H28FN5. The third kappa shape index (κ3) is 4.45. The van der Waals surface area contributed by atoms with Gasteiger partial charge in [-0.3, -0.25) is 10.1 Å². The Morgan fingerprint density at radius 3 is 2.50 bits per heavy atom. The summed E-state index contributed by atoms with van der Waals surface area (Å²) < 4.78 is 13.5. The smallest absolute Gasteiger partial charge is 0.123 e. The van der Waals surface area contributed by atoms with Crippen LogP contribution in [0.15, 0.2) is 91.3 Å². The highest BCUT2D eigenvalue weighted by atomic mass is 19.1. The minimum absolute atomic E-state index is 0.268. The van der Waals surface area contributed by atoms with Gasteiger partial charge in [0.05, 0.1) is 16.9 Å². The van der Waals surface area contributed by atoms with Crippen molar-refractivity contribution < 1.29 is 4.39 Å². The SMILES string of the molecule is C=C/C(=C\C(=C/C)c1ccc2[nH]nc(-c3cc4c(-c5ccc(F)cc5)nccc4[nH]3)c2c1)NC(C)C. The molecule has 5 nitrogen and oxygen atoms in total. The van der Waals surface area contributed by atoms with Crippen LogP contribution in [0.3, 0.4) is 0 Å². The average molecular weight is 478 g/mol. The molecule has 36 heavy (non-hydrogen) atoms. The van der Waals surface area contributed by atoms with Crippen LogP contribution in [-0.4, -0.2) is 26.2 Å². The van der Waals surface area contributed by atoms with Crippen LogP contribution in [0.1, 0.15) is 26.3 Å². The zero-order valence-corrected chi connectivity index (χ0v) is 20.6. The molecular weight excluding hydrogens is 449 g/mol. The predicted octanol–water partition coefficient (Wildman–Crippen LogP) is 7.38. The van der Waals surface area contributed by atoms with E-state index < -0.39 is 0 Å². The van der Waals surface area contributed by atoms with Gasteiger partial charge in [-0.1, -0.05) is 18.7 Å². The summed E-state index contributed by atoms with van der Waals surface area (Å²) in [4.78, 5) is 8.06. The minimum Gasteiger partial charge on any atom is -0.383 e. The van der Waals surface area contributed by atoms with E-state index in [0.717, 1.165) is 61.3 Å². The first kappa shape index (κ1) is 23.3. The van der Waals surface area contributed by atoms with Gasteiger partial charge in [0.25, 0.3) is 0 Å². The molecule has 0 aliphatic heterocycles. The molecule has 2 aromatic carbocycles. The van der Waals surface area contributed by atoms with Crippen LogP contribution < -0.4 is 5.32 Å². The Hall–Kier alpha value is -4.45. The van der Waals surface area contributed by atoms with Crippen molar-refractivity contribution in [1.29, 1.82) is 0 Å². The van der Waals surface area contributed by atoms with E-state index >= 15 is 0 Å². The first-order chi connectivity index (χ1) is 17.5. The van der Waals surface area contributed by atoms with E-state index in [2.05, 4.69) is 82.3 Å². The van der Waals surface area contributed by atoms with Crippen molar-refractivity contribution in [3.05, 3.63) is 103 Å². The number of allylic oxidation sites excluding steroid dienone is 4. The van der Waals surface area contributed by atoms with E-state index in [1.807, 2.05) is 19.1 Å². The molecule has 0 amide bonds. The molecule has 0 saturated heterocycles. The van der Waals surface area contributed by atoms with Crippen LogP contribution in [0, 0.1) is 5.82 Å². The summed E-state index contributed by atoms with van der Waals surface area (Å²) in [6.07, 6.45) is 7.80. The summed E-state index contributed by atoms with van der Waals surface area (Å²) in [5.41, 5.74) is 8.42. The highest BCUT2D eigenvalue weighted by Crippen LogP contribution is 2.34. The van der Waals surface area contributed by atoms with Gasteiger partial charge in [-0.05, 0) is 92.6 Å². The Morgan fingerprint density at radius 2 is 1.78 bits per heavy atom. The van der Waals surface area contributed by atoms with Crippen LogP contribution in [0.25, 0.3) is 50.0 Å². The zero-order chi connectivity index (χ0) is 25.2. The summed E-state index contributed by atoms with van der Waals surface area (Å²) in [6.45, 7) is 10.2. The Labute approximate surface area is 209 Å². The van der Waals surface area contributed by atoms with Crippen LogP contribution in [0.4, 0.5) is 4.39 Å². The van der Waals surface area contributed by atoms with Crippen molar-refractivity contribution >= 4 is 27.4 Å². The van der Waals surface area contributed by atoms with Gasteiger partial charge in [-0.15, -0.1) is 0 Å². The fourth-order valence-electron chi connectivity index (χ4n) is 4.41. The molecule has 0 radical (unpaired) electrons. The Bertz CT molecular complexity index is 1620. The number of benzene rings is 2. The maximum atomic E-state index is 13.5. The number of nitrogens with one attached hydrogen (secondary N) is 3. The second kappa shape index (κ2) is 9.66. The number of H-pyrrole nitrogens is 2. The molecule has 0 saturated carbocycles. The number of halogens is 1. The lowest BCUT2D eigenvalue weighted by Gasteiger charge is -2.12. The van der Waals surface area contributed by atoms with Crippen LogP contribution in [0.5, 0.6) is 0 Å². The molecule has 5 rings (SSSR count). The molecule has 0 fully saturated rings. The molecule has 0 spiro atoms. The molecule has 5 aromatic rings. The van der Waals surface area contributed by atoms with E-state index in [0.29, 0.717) is 6.04 Å². The molecule has 0 aliphatic carbocycles. The van der Waals surface area contributed by atoms with E-state index in [4.69, 9.17) is 0 Å². The molecule has 0 bridgehead atoms. The van der Waals surface area contributed by atoms with E-state index in [9.17, 15) is 4.39 Å². The molecule has 0 atom stereocenters. The highest BCUT2D eigenvalue weighted by molar-refractivity contribution is 6.00. The topological polar surface area (TPSA) is 69.4 Å². The molecule has 3 heterocycles. The van der Waals surface area contributed by atoms with E-state index in [1.54, 1.807) is 18.3 Å². The lowest BCUT2D eigenvalue weighted by Crippen LogP contribution is -2.20. The Kier molecular flexibility index (Phi) is 6.25. The zero-order valence-electron chi connectivity index (χ0n) is 20.6. The van der Waals surface area contributed by atoms with E-state index in [-0.39, 0.29) is 5.82 Å². The summed E-state index contributed by atoms with van der Waals surface area (Å²) >= 11 is 0. The van der Waals surface area contributed by atoms with Crippen molar-refractivity contribution in [2.75, 3.05) is 0 Å². The molecule has 0 unspecified atom stereocenters. The maximum Gasteiger partial charge on any atom is 0.123 e. The fraction of sp³-hybridized carbons (Fsp3) is 0.133. The lowest BCUT2D eigenvalue weighted by molar-refractivity contribution is 0.628. The fourth-order valence-corrected chi connectivity index (χ4v) is 4.41. The summed E-state index contributed by atoms with van der Waals surface area (Å²) in [5.74, 6) is -0.268. The lowest BCUT2D eigenvalue weighted by atomic mass is 10.0. The number of hydrogen-bond donors (Lipinski definition) is 3. The van der Waals surface area contributed by atoms with Crippen LogP contribution in [0.2, 0.25) is 0 Å². The average Bonchev–Trinajstić information content (AvgIpc) is 3.50. The van der Waals surface area contributed by atoms with Crippen LogP contribution >= 0.6 is 0 Å². The normalized spacial score (nSPS) is 12.6. The molecule has 180 valence electrons. The molecule has 0 aliphatic rings. The third-order valence-corrected chi connectivity index (χ3v) is 6.11. The first-order valence-electron chi connectivity index (χ1n) is 12.0. The molecule has 3 aromatic heterocycles. The monoisotopic (exact) mass is 477 g/mol. The molecule has 3 N–H and O–H groups in total. The number of nitrogens with zero attached hydrogens (tertiary/aromatic N) is 2. The van der Waals surface area contributed by atoms with Crippen molar-refractivity contribution in [2.45, 2.75) is 26.8 Å². The number of rotatable bonds is 7. The van der Waals surface area contributed by atoms with Gasteiger partial charge in [0.1, 0.15) is 11.5 Å². The standard InChI is InChI=1S/C30H28FN5/c1-5-19(15-23(6-2)33-18(3)4)21-9-12-27-24(16-21)30(36-35-27)28-17-25-26(34-28)13-14-32-29(25)20-7-10-22(31)11-8-20/h5-18,33-34H,2H2,1,3-4H3,(H,35,36)/b19-5+,23-15+. The Balaban J connectivity index is 1.58. The van der Waals surface area contributed by atoms with Gasteiger partial charge in [-0.25, -0.2) is 4.39 Å². The van der Waals surface area contributed by atoms with Gasteiger partial charge in [0.2, 0.25) is 0 Å². The summed E-state index contributed by atoms with van der Waals surface area (Å²) in [5, 5.41) is 13.2. The highest BCUT2D eigenvalue weighted by Gasteiger charge is 2.15. The third-order valence-electron chi connectivity index (χ3n) is 6.11. The Morgan fingerprint density at radius 1 is 1.00 bits per heavy atom. The maximum absolute atomic E-state index is 13.5. The van der Waals surface area contributed by atoms with Crippen molar-refractivity contribution in [3.8, 4) is 22.6 Å². The second-order valence-electron chi connectivity index (χ2n) is 8.99. The van der Waals surface area contributed by atoms with Gasteiger partial charge in [0.15, 0.2) is 0 Å². The largest absolute Gasteiger partial charge is 0.383 e. The van der Waals surface area contributed by atoms with Crippen molar-refractivity contribution in [2.24, 2.45) is 0 Å². The van der Waals surface area contributed by atoms with Gasteiger partial charge in [-0.2, -0.15) is 5.10 Å². The summed E-state index contributed by atoms with van der Waals surface area (Å²) in [7, 11) is 0. The molecule has 6 heteroatoms. The van der Waals surface area contributed by atoms with Crippen LogP contribution in [-0.2, 0) is 0 Å². The number of fused-ring (bicyclic) bond motifs is 2. The minimum atomic E-state index is -0.268. The van der Waals surface area contributed by atoms with E-state index in [1.165, 1.54) is 12.1 Å². The number of hydrogen-bond acceptors (Lipinski definition) is 3. The number of pyridine rings is 1. The first-order valence-corrected chi connectivity index (χ1v) is 12.0. The van der Waals surface area contributed by atoms with Gasteiger partial charge >= 0.3 is 0 Å². The number of aromatic nitrogens is 4. The quantitative estimate of drug-likeness (QED) is 0.214.